The van der Waals surface area contributed by atoms with E-state index in [4.69, 9.17) is 10.5 Å². The topological polar surface area (TPSA) is 55.6 Å². The van der Waals surface area contributed by atoms with Gasteiger partial charge in [-0.1, -0.05) is 19.9 Å². The standard InChI is InChI=1S/C15H24N2O2/c1-6-19-14-12(8-7-9-13(14)16)15(18)17(5)11(4)10(2)3/h7-11H,6,16H2,1-5H3. The second-order valence-corrected chi connectivity index (χ2v) is 5.06. The molecule has 0 saturated heterocycles. The highest BCUT2D eigenvalue weighted by Crippen LogP contribution is 2.28. The van der Waals surface area contributed by atoms with Gasteiger partial charge in [-0.15, -0.1) is 0 Å². The summed E-state index contributed by atoms with van der Waals surface area (Å²) in [5.74, 6) is 0.820. The maximum Gasteiger partial charge on any atom is 0.257 e. The molecule has 1 aromatic carbocycles. The van der Waals surface area contributed by atoms with Crippen molar-refractivity contribution in [2.75, 3.05) is 19.4 Å². The highest BCUT2D eigenvalue weighted by molar-refractivity contribution is 5.98. The Balaban J connectivity index is 3.09. The quantitative estimate of drug-likeness (QED) is 0.832. The molecule has 0 aromatic heterocycles. The lowest BCUT2D eigenvalue weighted by Crippen LogP contribution is -2.38. The molecular weight excluding hydrogens is 240 g/mol. The van der Waals surface area contributed by atoms with Crippen LogP contribution >= 0.6 is 0 Å². The molecule has 1 atom stereocenters. The van der Waals surface area contributed by atoms with Gasteiger partial charge >= 0.3 is 0 Å². The van der Waals surface area contributed by atoms with E-state index >= 15 is 0 Å². The third kappa shape index (κ3) is 3.40. The van der Waals surface area contributed by atoms with Crippen LogP contribution in [0.2, 0.25) is 0 Å². The average molecular weight is 264 g/mol. The molecule has 0 aliphatic carbocycles. The Labute approximate surface area is 115 Å². The normalized spacial score (nSPS) is 12.3. The summed E-state index contributed by atoms with van der Waals surface area (Å²) in [6.07, 6.45) is 0. The molecule has 0 bridgehead atoms. The lowest BCUT2D eigenvalue weighted by molar-refractivity contribution is 0.0703. The molecule has 0 fully saturated rings. The van der Waals surface area contributed by atoms with Gasteiger partial charge in [0, 0.05) is 13.1 Å². The SMILES string of the molecule is CCOc1c(N)cccc1C(=O)N(C)C(C)C(C)C. The van der Waals surface area contributed by atoms with Crippen LogP contribution in [0.15, 0.2) is 18.2 Å². The summed E-state index contributed by atoms with van der Waals surface area (Å²) in [6, 6.07) is 5.43. The number of carbonyl (C=O) groups excluding carboxylic acids is 1. The van der Waals surface area contributed by atoms with Crippen LogP contribution in [-0.2, 0) is 0 Å². The molecule has 0 aliphatic heterocycles. The molecule has 0 spiro atoms. The van der Waals surface area contributed by atoms with Crippen molar-refractivity contribution in [1.29, 1.82) is 0 Å². The summed E-state index contributed by atoms with van der Waals surface area (Å²) in [4.78, 5) is 14.3. The van der Waals surface area contributed by atoms with E-state index in [1.807, 2.05) is 20.9 Å². The minimum Gasteiger partial charge on any atom is -0.491 e. The fraction of sp³-hybridized carbons (Fsp3) is 0.533. The van der Waals surface area contributed by atoms with Gasteiger partial charge in [0.1, 0.15) is 0 Å². The molecule has 4 nitrogen and oxygen atoms in total. The molecule has 1 aromatic rings. The van der Waals surface area contributed by atoms with Gasteiger partial charge in [0.25, 0.3) is 5.91 Å². The summed E-state index contributed by atoms with van der Waals surface area (Å²) in [6.45, 7) is 8.59. The Morgan fingerprint density at radius 1 is 1.37 bits per heavy atom. The first-order chi connectivity index (χ1) is 8.90. The number of ether oxygens (including phenoxy) is 1. The first-order valence-electron chi connectivity index (χ1n) is 6.68. The highest BCUT2D eigenvalue weighted by Gasteiger charge is 2.23. The van der Waals surface area contributed by atoms with Gasteiger partial charge in [0.15, 0.2) is 5.75 Å². The van der Waals surface area contributed by atoms with Crippen LogP contribution in [-0.4, -0.2) is 30.5 Å². The minimum absolute atomic E-state index is 0.0584. The van der Waals surface area contributed by atoms with E-state index in [2.05, 4.69) is 13.8 Å². The fourth-order valence-corrected chi connectivity index (χ4v) is 1.85. The summed E-state index contributed by atoms with van der Waals surface area (Å²) in [7, 11) is 1.81. The van der Waals surface area contributed by atoms with E-state index in [0.717, 1.165) is 0 Å². The van der Waals surface area contributed by atoms with E-state index < -0.39 is 0 Å². The Bertz CT molecular complexity index is 444. The van der Waals surface area contributed by atoms with Gasteiger partial charge in [0.05, 0.1) is 17.9 Å². The van der Waals surface area contributed by atoms with Crippen molar-refractivity contribution in [2.24, 2.45) is 5.92 Å². The molecule has 2 N–H and O–H groups in total. The van der Waals surface area contributed by atoms with Gasteiger partial charge in [-0.25, -0.2) is 0 Å². The Morgan fingerprint density at radius 2 is 2.00 bits per heavy atom. The van der Waals surface area contributed by atoms with E-state index in [0.29, 0.717) is 29.5 Å². The number of nitrogens with zero attached hydrogens (tertiary/aromatic N) is 1. The molecule has 19 heavy (non-hydrogen) atoms. The van der Waals surface area contributed by atoms with Crippen molar-refractivity contribution >= 4 is 11.6 Å². The zero-order valence-electron chi connectivity index (χ0n) is 12.4. The van der Waals surface area contributed by atoms with Crippen molar-refractivity contribution in [3.63, 3.8) is 0 Å². The van der Waals surface area contributed by atoms with Crippen molar-refractivity contribution in [2.45, 2.75) is 33.7 Å². The molecule has 1 unspecified atom stereocenters. The Kier molecular flexibility index (Phi) is 5.21. The molecule has 106 valence electrons. The maximum absolute atomic E-state index is 12.5. The van der Waals surface area contributed by atoms with E-state index in [9.17, 15) is 4.79 Å². The number of nitrogens with two attached hydrogens (primary N) is 1. The largest absolute Gasteiger partial charge is 0.491 e. The monoisotopic (exact) mass is 264 g/mol. The van der Waals surface area contributed by atoms with Crippen molar-refractivity contribution < 1.29 is 9.53 Å². The molecule has 0 radical (unpaired) electrons. The molecule has 0 aliphatic rings. The van der Waals surface area contributed by atoms with Crippen LogP contribution in [0.25, 0.3) is 0 Å². The number of hydrogen-bond donors (Lipinski definition) is 1. The highest BCUT2D eigenvalue weighted by atomic mass is 16.5. The van der Waals surface area contributed by atoms with Crippen molar-refractivity contribution in [3.8, 4) is 5.75 Å². The maximum atomic E-state index is 12.5. The van der Waals surface area contributed by atoms with E-state index in [1.165, 1.54) is 0 Å². The number of para-hydroxylation sites is 1. The number of anilines is 1. The summed E-state index contributed by atoms with van der Waals surface area (Å²) in [5.41, 5.74) is 6.91. The van der Waals surface area contributed by atoms with Gasteiger partial charge in [-0.05, 0) is 31.9 Å². The van der Waals surface area contributed by atoms with Crippen LogP contribution in [0, 0.1) is 5.92 Å². The second-order valence-electron chi connectivity index (χ2n) is 5.06. The van der Waals surface area contributed by atoms with Crippen LogP contribution in [0.3, 0.4) is 0 Å². The fourth-order valence-electron chi connectivity index (χ4n) is 1.85. The molecule has 0 heterocycles. The predicted octanol–water partition coefficient (Wildman–Crippen LogP) is 2.78. The van der Waals surface area contributed by atoms with Gasteiger partial charge < -0.3 is 15.4 Å². The molecule has 1 rings (SSSR count). The predicted molar refractivity (Wildman–Crippen MR) is 78.4 cm³/mol. The van der Waals surface area contributed by atoms with Crippen LogP contribution in [0.1, 0.15) is 38.1 Å². The zero-order valence-corrected chi connectivity index (χ0v) is 12.4. The van der Waals surface area contributed by atoms with Crippen LogP contribution in [0.5, 0.6) is 5.75 Å². The second kappa shape index (κ2) is 6.45. The Morgan fingerprint density at radius 3 is 2.53 bits per heavy atom. The number of nitrogen functional groups attached to an aromatic ring is 1. The van der Waals surface area contributed by atoms with Gasteiger partial charge in [0.2, 0.25) is 0 Å². The lowest BCUT2D eigenvalue weighted by atomic mass is 10.0. The first kappa shape index (κ1) is 15.3. The van der Waals surface area contributed by atoms with Crippen molar-refractivity contribution in [1.82, 2.24) is 4.90 Å². The molecule has 0 saturated carbocycles. The number of benzene rings is 1. The lowest BCUT2D eigenvalue weighted by Gasteiger charge is -2.28. The molecular formula is C15H24N2O2. The van der Waals surface area contributed by atoms with Crippen LogP contribution in [0.4, 0.5) is 5.69 Å². The first-order valence-corrected chi connectivity index (χ1v) is 6.68. The minimum atomic E-state index is -0.0584. The van der Waals surface area contributed by atoms with Gasteiger partial charge in [-0.2, -0.15) is 0 Å². The van der Waals surface area contributed by atoms with Gasteiger partial charge in [-0.3, -0.25) is 4.79 Å². The summed E-state index contributed by atoms with van der Waals surface area (Å²) < 4.78 is 5.51. The molecule has 1 amide bonds. The molecule has 4 heteroatoms. The number of rotatable bonds is 5. The average Bonchev–Trinajstić information content (AvgIpc) is 2.38. The van der Waals surface area contributed by atoms with E-state index in [-0.39, 0.29) is 11.9 Å². The number of hydrogen-bond acceptors (Lipinski definition) is 3. The Hall–Kier alpha value is -1.71. The van der Waals surface area contributed by atoms with Crippen molar-refractivity contribution in [3.05, 3.63) is 23.8 Å². The third-order valence-electron chi connectivity index (χ3n) is 3.46. The number of carbonyl (C=O) groups is 1. The number of amides is 1. The van der Waals surface area contributed by atoms with E-state index in [1.54, 1.807) is 23.1 Å². The smallest absolute Gasteiger partial charge is 0.257 e. The van der Waals surface area contributed by atoms with Crippen LogP contribution < -0.4 is 10.5 Å². The third-order valence-corrected chi connectivity index (χ3v) is 3.46. The summed E-state index contributed by atoms with van der Waals surface area (Å²) >= 11 is 0. The zero-order chi connectivity index (χ0) is 14.6. The summed E-state index contributed by atoms with van der Waals surface area (Å²) in [5, 5.41) is 0.